The molecular formula is C13H11BrN6OS. The third kappa shape index (κ3) is 3.55. The number of aromatic nitrogens is 5. The minimum absolute atomic E-state index is 0.0118. The van der Waals surface area contributed by atoms with Crippen molar-refractivity contribution in [3.63, 3.8) is 0 Å². The van der Waals surface area contributed by atoms with Crippen LogP contribution >= 0.6 is 27.3 Å². The maximum atomic E-state index is 11.9. The lowest BCUT2D eigenvalue weighted by atomic mass is 10.2. The smallest absolute Gasteiger partial charge is 0.249 e. The normalized spacial score (nSPS) is 10.6. The number of hydrogen-bond donors (Lipinski definition) is 1. The minimum atomic E-state index is -0.242. The van der Waals surface area contributed by atoms with E-state index in [4.69, 9.17) is 0 Å². The van der Waals surface area contributed by atoms with Crippen molar-refractivity contribution in [2.75, 3.05) is 5.32 Å². The van der Waals surface area contributed by atoms with Crippen LogP contribution in [0.15, 0.2) is 34.1 Å². The van der Waals surface area contributed by atoms with Crippen molar-refractivity contribution < 1.29 is 4.79 Å². The van der Waals surface area contributed by atoms with Crippen LogP contribution < -0.4 is 5.32 Å². The Morgan fingerprint density at radius 3 is 2.82 bits per heavy atom. The molecule has 0 aliphatic carbocycles. The highest BCUT2D eigenvalue weighted by atomic mass is 79.9. The van der Waals surface area contributed by atoms with Crippen LogP contribution in [-0.4, -0.2) is 31.1 Å². The van der Waals surface area contributed by atoms with E-state index in [1.807, 2.05) is 36.6 Å². The number of nitrogens with one attached hydrogen (secondary N) is 1. The zero-order valence-corrected chi connectivity index (χ0v) is 13.9. The van der Waals surface area contributed by atoms with Crippen LogP contribution in [0, 0.1) is 6.92 Å². The van der Waals surface area contributed by atoms with Gasteiger partial charge in [0.2, 0.25) is 11.7 Å². The van der Waals surface area contributed by atoms with Gasteiger partial charge in [0, 0.05) is 15.4 Å². The molecule has 9 heteroatoms. The fraction of sp³-hybridized carbons (Fsp3) is 0.154. The van der Waals surface area contributed by atoms with Gasteiger partial charge in [-0.1, -0.05) is 15.9 Å². The number of aryl methyl sites for hydroxylation is 1. The molecule has 0 aliphatic heterocycles. The van der Waals surface area contributed by atoms with E-state index in [1.165, 1.54) is 16.1 Å². The molecule has 0 radical (unpaired) electrons. The van der Waals surface area contributed by atoms with E-state index < -0.39 is 0 Å². The Bertz CT molecular complexity index is 797. The summed E-state index contributed by atoms with van der Waals surface area (Å²) < 4.78 is 0.974. The van der Waals surface area contributed by atoms with Crippen molar-refractivity contribution in [3.05, 3.63) is 39.8 Å². The molecule has 0 atom stereocenters. The lowest BCUT2D eigenvalue weighted by Crippen LogP contribution is -2.20. The molecule has 0 fully saturated rings. The molecule has 1 amide bonds. The van der Waals surface area contributed by atoms with Crippen molar-refractivity contribution in [2.24, 2.45) is 0 Å². The zero-order valence-electron chi connectivity index (χ0n) is 11.5. The highest BCUT2D eigenvalue weighted by molar-refractivity contribution is 9.10. The van der Waals surface area contributed by atoms with Gasteiger partial charge >= 0.3 is 0 Å². The number of halogens is 1. The largest absolute Gasteiger partial charge is 0.300 e. The van der Waals surface area contributed by atoms with Gasteiger partial charge in [-0.05, 0) is 36.4 Å². The number of tetrazole rings is 1. The van der Waals surface area contributed by atoms with Crippen LogP contribution in [-0.2, 0) is 11.3 Å². The molecule has 0 unspecified atom stereocenters. The molecule has 0 saturated carbocycles. The van der Waals surface area contributed by atoms with Crippen LogP contribution in [0.2, 0.25) is 0 Å². The summed E-state index contributed by atoms with van der Waals surface area (Å²) in [7, 11) is 0. The molecule has 22 heavy (non-hydrogen) atoms. The van der Waals surface area contributed by atoms with Gasteiger partial charge in [0.15, 0.2) is 5.13 Å². The summed E-state index contributed by atoms with van der Waals surface area (Å²) in [6.07, 6.45) is 0. The number of benzene rings is 1. The molecule has 3 rings (SSSR count). The van der Waals surface area contributed by atoms with Gasteiger partial charge in [-0.25, -0.2) is 4.98 Å². The fourth-order valence-corrected chi connectivity index (χ4v) is 2.69. The Kier molecular flexibility index (Phi) is 4.25. The van der Waals surface area contributed by atoms with E-state index in [1.54, 1.807) is 0 Å². The maximum Gasteiger partial charge on any atom is 0.249 e. The maximum absolute atomic E-state index is 11.9. The van der Waals surface area contributed by atoms with E-state index in [0.29, 0.717) is 11.0 Å². The van der Waals surface area contributed by atoms with Crippen molar-refractivity contribution in [1.29, 1.82) is 0 Å². The molecule has 0 spiro atoms. The molecule has 112 valence electrons. The van der Waals surface area contributed by atoms with E-state index in [0.717, 1.165) is 15.7 Å². The first kappa shape index (κ1) is 14.8. The number of amides is 1. The molecule has 0 aliphatic rings. The molecule has 0 saturated heterocycles. The number of rotatable bonds is 4. The van der Waals surface area contributed by atoms with Crippen LogP contribution in [0.3, 0.4) is 0 Å². The SMILES string of the molecule is Cc1csc(NC(=O)Cn2nnc(-c3ccc(Br)cc3)n2)n1. The Morgan fingerprint density at radius 1 is 1.36 bits per heavy atom. The summed E-state index contributed by atoms with van der Waals surface area (Å²) in [5.74, 6) is 0.236. The molecule has 3 aromatic rings. The second kappa shape index (κ2) is 6.32. The van der Waals surface area contributed by atoms with E-state index in [9.17, 15) is 4.79 Å². The first-order chi connectivity index (χ1) is 10.6. The number of hydrogen-bond acceptors (Lipinski definition) is 6. The molecule has 1 N–H and O–H groups in total. The number of thiazole rings is 1. The minimum Gasteiger partial charge on any atom is -0.300 e. The van der Waals surface area contributed by atoms with Gasteiger partial charge in [0.05, 0.1) is 5.69 Å². The second-order valence-corrected chi connectivity index (χ2v) is 6.27. The van der Waals surface area contributed by atoms with E-state index >= 15 is 0 Å². The van der Waals surface area contributed by atoms with Crippen LogP contribution in [0.1, 0.15) is 5.69 Å². The van der Waals surface area contributed by atoms with Crippen molar-refractivity contribution in [3.8, 4) is 11.4 Å². The average Bonchev–Trinajstić information content (AvgIpc) is 3.09. The molecular weight excluding hydrogens is 368 g/mol. The summed E-state index contributed by atoms with van der Waals surface area (Å²) in [6, 6.07) is 7.55. The standard InChI is InChI=1S/C13H11BrN6OS/c1-8-7-22-13(15-8)16-11(21)6-20-18-12(17-19-20)9-2-4-10(14)5-3-9/h2-5,7H,6H2,1H3,(H,15,16,21). The number of carbonyl (C=O) groups is 1. The molecule has 2 aromatic heterocycles. The Balaban J connectivity index is 1.66. The highest BCUT2D eigenvalue weighted by Gasteiger charge is 2.10. The monoisotopic (exact) mass is 378 g/mol. The molecule has 1 aromatic carbocycles. The number of carbonyl (C=O) groups excluding carboxylic acids is 1. The lowest BCUT2D eigenvalue weighted by molar-refractivity contribution is -0.117. The number of anilines is 1. The fourth-order valence-electron chi connectivity index (χ4n) is 1.72. The van der Waals surface area contributed by atoms with Gasteiger partial charge in [-0.2, -0.15) is 4.80 Å². The predicted octanol–water partition coefficient (Wildman–Crippen LogP) is 2.51. The quantitative estimate of drug-likeness (QED) is 0.753. The van der Waals surface area contributed by atoms with Crippen molar-refractivity contribution in [1.82, 2.24) is 25.2 Å². The summed E-state index contributed by atoms with van der Waals surface area (Å²) in [4.78, 5) is 17.3. The topological polar surface area (TPSA) is 85.6 Å². The van der Waals surface area contributed by atoms with Gasteiger partial charge in [-0.3, -0.25) is 4.79 Å². The number of nitrogens with zero attached hydrogens (tertiary/aromatic N) is 5. The summed E-state index contributed by atoms with van der Waals surface area (Å²) in [6.45, 7) is 1.86. The average molecular weight is 379 g/mol. The van der Waals surface area contributed by atoms with Crippen LogP contribution in [0.4, 0.5) is 5.13 Å². The Morgan fingerprint density at radius 2 is 2.14 bits per heavy atom. The summed E-state index contributed by atoms with van der Waals surface area (Å²) in [5.41, 5.74) is 1.71. The zero-order chi connectivity index (χ0) is 15.5. The van der Waals surface area contributed by atoms with E-state index in [-0.39, 0.29) is 12.5 Å². The Labute approximate surface area is 138 Å². The van der Waals surface area contributed by atoms with Gasteiger partial charge in [0.25, 0.3) is 0 Å². The molecule has 2 heterocycles. The Hall–Kier alpha value is -2.13. The first-order valence-electron chi connectivity index (χ1n) is 6.36. The summed E-state index contributed by atoms with van der Waals surface area (Å²) >= 11 is 4.75. The predicted molar refractivity (Wildman–Crippen MR) is 86.4 cm³/mol. The van der Waals surface area contributed by atoms with Crippen LogP contribution in [0.25, 0.3) is 11.4 Å². The third-order valence-electron chi connectivity index (χ3n) is 2.71. The van der Waals surface area contributed by atoms with Crippen molar-refractivity contribution in [2.45, 2.75) is 13.5 Å². The first-order valence-corrected chi connectivity index (χ1v) is 8.03. The highest BCUT2D eigenvalue weighted by Crippen LogP contribution is 2.17. The van der Waals surface area contributed by atoms with Crippen molar-refractivity contribution >= 4 is 38.3 Å². The lowest BCUT2D eigenvalue weighted by Gasteiger charge is -1.99. The molecule has 7 nitrogen and oxygen atoms in total. The van der Waals surface area contributed by atoms with E-state index in [2.05, 4.69) is 41.6 Å². The molecule has 0 bridgehead atoms. The van der Waals surface area contributed by atoms with Gasteiger partial charge in [-0.15, -0.1) is 21.5 Å². The third-order valence-corrected chi connectivity index (χ3v) is 4.11. The van der Waals surface area contributed by atoms with Crippen LogP contribution in [0.5, 0.6) is 0 Å². The second-order valence-electron chi connectivity index (χ2n) is 4.49. The van der Waals surface area contributed by atoms with Gasteiger partial charge in [0.1, 0.15) is 6.54 Å². The summed E-state index contributed by atoms with van der Waals surface area (Å²) in [5, 5.41) is 17.2. The van der Waals surface area contributed by atoms with Gasteiger partial charge < -0.3 is 5.32 Å².